The van der Waals surface area contributed by atoms with Crippen LogP contribution in [0.2, 0.25) is 0 Å². The quantitative estimate of drug-likeness (QED) is 0.724. The van der Waals surface area contributed by atoms with Gasteiger partial charge in [0.2, 0.25) is 0 Å². The Morgan fingerprint density at radius 3 is 1.67 bits per heavy atom. The first-order valence-electron chi connectivity index (χ1n) is 4.62. The molecule has 0 aliphatic rings. The first-order valence-corrected chi connectivity index (χ1v) is 5.84. The molecule has 0 heterocycles. The van der Waals surface area contributed by atoms with E-state index in [0.717, 1.165) is 19.3 Å². The van der Waals surface area contributed by atoms with Gasteiger partial charge in [-0.25, -0.2) is 0 Å². The first kappa shape index (κ1) is 12.1. The lowest BCUT2D eigenvalue weighted by atomic mass is 9.99. The fourth-order valence-corrected chi connectivity index (χ4v) is 3.12. The van der Waals surface area contributed by atoms with Crippen LogP contribution in [0.25, 0.3) is 0 Å². The first-order chi connectivity index (χ1) is 5.54. The molecule has 0 bridgehead atoms. The van der Waals surface area contributed by atoms with E-state index < -0.39 is 16.2 Å². The van der Waals surface area contributed by atoms with Gasteiger partial charge in [-0.15, -0.1) is 0 Å². The van der Waals surface area contributed by atoms with Gasteiger partial charge in [0.05, 0.1) is 10.8 Å². The number of rotatable bonds is 5. The van der Waals surface area contributed by atoms with Gasteiger partial charge in [0.15, 0.2) is 0 Å². The van der Waals surface area contributed by atoms with Gasteiger partial charge in [0, 0.05) is 4.75 Å². The summed E-state index contributed by atoms with van der Waals surface area (Å²) in [5.41, 5.74) is -0.704. The van der Waals surface area contributed by atoms with Crippen LogP contribution in [0, 0.1) is 0 Å². The molecule has 0 fully saturated rings. The highest BCUT2D eigenvalue weighted by atomic mass is 32.2. The largest absolute Gasteiger partial charge is 0.380 e. The lowest BCUT2D eigenvalue weighted by Gasteiger charge is -2.30. The molecule has 0 aliphatic heterocycles. The molecule has 0 aromatic heterocycles. The molecule has 0 spiro atoms. The van der Waals surface area contributed by atoms with Gasteiger partial charge in [-0.05, 0) is 26.2 Å². The Hall–Kier alpha value is 0.110. The summed E-state index contributed by atoms with van der Waals surface area (Å²) in [6, 6.07) is 0. The Morgan fingerprint density at radius 2 is 1.58 bits per heavy atom. The van der Waals surface area contributed by atoms with Gasteiger partial charge in [-0.3, -0.25) is 4.21 Å². The third-order valence-corrected chi connectivity index (χ3v) is 5.01. The van der Waals surface area contributed by atoms with Gasteiger partial charge in [-0.1, -0.05) is 20.8 Å². The second-order valence-corrected chi connectivity index (χ2v) is 5.28. The molecule has 2 atom stereocenters. The van der Waals surface area contributed by atoms with E-state index in [1.807, 2.05) is 20.8 Å². The molecular weight excluding hydrogens is 172 g/mol. The SMILES string of the molecule is CCC(CC)(CC)S(=O)C(C)O. The molecule has 74 valence electrons. The molecule has 0 aromatic carbocycles. The molecule has 12 heavy (non-hydrogen) atoms. The summed E-state index contributed by atoms with van der Waals surface area (Å²) in [7, 11) is -1.11. The minimum absolute atomic E-state index is 0.172. The summed E-state index contributed by atoms with van der Waals surface area (Å²) in [6.07, 6.45) is 2.62. The van der Waals surface area contributed by atoms with Crippen LogP contribution in [-0.2, 0) is 10.8 Å². The minimum atomic E-state index is -1.11. The summed E-state index contributed by atoms with van der Waals surface area (Å²) < 4.78 is 11.5. The monoisotopic (exact) mass is 192 g/mol. The summed E-state index contributed by atoms with van der Waals surface area (Å²) in [5.74, 6) is 0. The van der Waals surface area contributed by atoms with E-state index >= 15 is 0 Å². The van der Waals surface area contributed by atoms with E-state index in [2.05, 4.69) is 0 Å². The van der Waals surface area contributed by atoms with Crippen LogP contribution in [0.4, 0.5) is 0 Å². The standard InChI is InChI=1S/C9H20O2S/c1-5-9(6-2,7-3)12(11)8(4)10/h8,10H,5-7H2,1-4H3. The molecule has 0 rings (SSSR count). The third kappa shape index (κ3) is 2.30. The topological polar surface area (TPSA) is 37.3 Å². The predicted molar refractivity (Wildman–Crippen MR) is 53.4 cm³/mol. The molecule has 0 radical (unpaired) electrons. The van der Waals surface area contributed by atoms with E-state index in [-0.39, 0.29) is 4.75 Å². The zero-order chi connectivity index (χ0) is 9.78. The van der Waals surface area contributed by atoms with Crippen LogP contribution < -0.4 is 0 Å². The fraction of sp³-hybridized carbons (Fsp3) is 1.00. The van der Waals surface area contributed by atoms with E-state index in [0.29, 0.717) is 0 Å². The number of aliphatic hydroxyl groups excluding tert-OH is 1. The average Bonchev–Trinajstić information content (AvgIpc) is 2.08. The highest BCUT2D eigenvalue weighted by molar-refractivity contribution is 7.86. The van der Waals surface area contributed by atoms with Crippen molar-refractivity contribution in [2.45, 2.75) is 57.1 Å². The lowest BCUT2D eigenvalue weighted by Crippen LogP contribution is -2.37. The van der Waals surface area contributed by atoms with Gasteiger partial charge in [0.1, 0.15) is 5.44 Å². The predicted octanol–water partition coefficient (Wildman–Crippen LogP) is 2.04. The van der Waals surface area contributed by atoms with Gasteiger partial charge in [0.25, 0.3) is 0 Å². The van der Waals surface area contributed by atoms with Gasteiger partial charge < -0.3 is 5.11 Å². The molecular formula is C9H20O2S. The Kier molecular flexibility index (Phi) is 5.02. The van der Waals surface area contributed by atoms with E-state index in [9.17, 15) is 9.32 Å². The highest BCUT2D eigenvalue weighted by Crippen LogP contribution is 2.28. The number of hydrogen-bond acceptors (Lipinski definition) is 2. The Labute approximate surface area is 77.8 Å². The van der Waals surface area contributed by atoms with E-state index in [1.54, 1.807) is 6.92 Å². The maximum absolute atomic E-state index is 11.7. The minimum Gasteiger partial charge on any atom is -0.380 e. The summed E-state index contributed by atoms with van der Waals surface area (Å²) >= 11 is 0. The molecule has 0 aromatic rings. The highest BCUT2D eigenvalue weighted by Gasteiger charge is 2.33. The van der Waals surface area contributed by atoms with Crippen LogP contribution in [0.5, 0.6) is 0 Å². The second kappa shape index (κ2) is 4.97. The van der Waals surface area contributed by atoms with Crippen LogP contribution in [-0.4, -0.2) is 19.5 Å². The molecule has 0 amide bonds. The summed E-state index contributed by atoms with van der Waals surface area (Å²) in [6.45, 7) is 7.71. The molecule has 0 saturated carbocycles. The van der Waals surface area contributed by atoms with E-state index in [1.165, 1.54) is 0 Å². The van der Waals surface area contributed by atoms with E-state index in [4.69, 9.17) is 0 Å². The zero-order valence-corrected chi connectivity index (χ0v) is 9.28. The Bertz CT molecular complexity index is 142. The maximum atomic E-state index is 11.7. The lowest BCUT2D eigenvalue weighted by molar-refractivity contribution is 0.271. The maximum Gasteiger partial charge on any atom is 0.126 e. The average molecular weight is 192 g/mol. The van der Waals surface area contributed by atoms with Crippen molar-refractivity contribution in [1.29, 1.82) is 0 Å². The van der Waals surface area contributed by atoms with Crippen molar-refractivity contribution in [1.82, 2.24) is 0 Å². The molecule has 3 heteroatoms. The summed E-state index contributed by atoms with van der Waals surface area (Å²) in [4.78, 5) is 0. The van der Waals surface area contributed by atoms with Crippen molar-refractivity contribution in [3.63, 3.8) is 0 Å². The van der Waals surface area contributed by atoms with Crippen molar-refractivity contribution in [3.8, 4) is 0 Å². The molecule has 1 N–H and O–H groups in total. The van der Waals surface area contributed by atoms with Crippen molar-refractivity contribution >= 4 is 10.8 Å². The normalized spacial score (nSPS) is 17.4. The number of aliphatic hydroxyl groups is 1. The van der Waals surface area contributed by atoms with Crippen molar-refractivity contribution in [3.05, 3.63) is 0 Å². The van der Waals surface area contributed by atoms with Crippen molar-refractivity contribution in [2.24, 2.45) is 0 Å². The second-order valence-electron chi connectivity index (χ2n) is 3.14. The molecule has 0 saturated heterocycles. The van der Waals surface area contributed by atoms with Crippen LogP contribution in [0.1, 0.15) is 47.0 Å². The molecule has 2 unspecified atom stereocenters. The van der Waals surface area contributed by atoms with Gasteiger partial charge >= 0.3 is 0 Å². The zero-order valence-electron chi connectivity index (χ0n) is 8.46. The van der Waals surface area contributed by atoms with Gasteiger partial charge in [-0.2, -0.15) is 0 Å². The van der Waals surface area contributed by atoms with Crippen LogP contribution in [0.3, 0.4) is 0 Å². The third-order valence-electron chi connectivity index (χ3n) is 2.67. The molecule has 2 nitrogen and oxygen atoms in total. The fourth-order valence-electron chi connectivity index (χ4n) is 1.54. The Morgan fingerprint density at radius 1 is 1.25 bits per heavy atom. The van der Waals surface area contributed by atoms with Crippen LogP contribution in [0.15, 0.2) is 0 Å². The Balaban J connectivity index is 4.59. The summed E-state index contributed by atoms with van der Waals surface area (Å²) in [5, 5.41) is 9.25. The van der Waals surface area contributed by atoms with Crippen molar-refractivity contribution < 1.29 is 9.32 Å². The molecule has 0 aliphatic carbocycles. The van der Waals surface area contributed by atoms with Crippen LogP contribution >= 0.6 is 0 Å². The smallest absolute Gasteiger partial charge is 0.126 e. The van der Waals surface area contributed by atoms with Crippen molar-refractivity contribution in [2.75, 3.05) is 0 Å². The number of hydrogen-bond donors (Lipinski definition) is 1.